The van der Waals surface area contributed by atoms with Crippen LogP contribution in [-0.4, -0.2) is 38.3 Å². The first kappa shape index (κ1) is 15.7. The molecule has 1 aliphatic heterocycles. The first-order valence-corrected chi connectivity index (χ1v) is 8.12. The Morgan fingerprint density at radius 3 is 2.74 bits per heavy atom. The largest absolute Gasteiger partial charge is 0.481 e. The predicted molar refractivity (Wildman–Crippen MR) is 88.5 cm³/mol. The SMILES string of the molecule is Cc1nn(-c2ccccc2)cc1CN1C[C@H](C(=O)O)CC[C@H]1C. The van der Waals surface area contributed by atoms with Crippen molar-refractivity contribution in [2.45, 2.75) is 39.3 Å². The van der Waals surface area contributed by atoms with E-state index in [0.717, 1.165) is 36.3 Å². The van der Waals surface area contributed by atoms with Crippen LogP contribution < -0.4 is 0 Å². The van der Waals surface area contributed by atoms with Gasteiger partial charge in [0.05, 0.1) is 17.3 Å². The Balaban J connectivity index is 1.77. The summed E-state index contributed by atoms with van der Waals surface area (Å²) in [4.78, 5) is 13.5. The lowest BCUT2D eigenvalue weighted by molar-refractivity contribution is -0.144. The van der Waals surface area contributed by atoms with Crippen LogP contribution in [-0.2, 0) is 11.3 Å². The van der Waals surface area contributed by atoms with Crippen LogP contribution >= 0.6 is 0 Å². The van der Waals surface area contributed by atoms with Gasteiger partial charge in [0, 0.05) is 30.9 Å². The summed E-state index contributed by atoms with van der Waals surface area (Å²) < 4.78 is 1.90. The lowest BCUT2D eigenvalue weighted by atomic mass is 9.93. The number of hydrogen-bond donors (Lipinski definition) is 1. The molecule has 1 fully saturated rings. The number of aromatic nitrogens is 2. The third kappa shape index (κ3) is 3.45. The number of para-hydroxylation sites is 1. The molecule has 1 N–H and O–H groups in total. The van der Waals surface area contributed by atoms with Crippen molar-refractivity contribution >= 4 is 5.97 Å². The van der Waals surface area contributed by atoms with Crippen LogP contribution in [0.15, 0.2) is 36.5 Å². The van der Waals surface area contributed by atoms with Gasteiger partial charge in [0.25, 0.3) is 0 Å². The summed E-state index contributed by atoms with van der Waals surface area (Å²) in [6.07, 6.45) is 3.76. The highest BCUT2D eigenvalue weighted by Crippen LogP contribution is 2.25. The minimum Gasteiger partial charge on any atom is -0.481 e. The fraction of sp³-hybridized carbons (Fsp3) is 0.444. The van der Waals surface area contributed by atoms with Crippen molar-refractivity contribution in [3.8, 4) is 5.69 Å². The van der Waals surface area contributed by atoms with E-state index in [0.29, 0.717) is 12.6 Å². The molecule has 0 amide bonds. The number of rotatable bonds is 4. The number of likely N-dealkylation sites (tertiary alicyclic amines) is 1. The number of carbonyl (C=O) groups is 1. The summed E-state index contributed by atoms with van der Waals surface area (Å²) in [5.74, 6) is -0.936. The third-order valence-corrected chi connectivity index (χ3v) is 4.76. The van der Waals surface area contributed by atoms with E-state index in [1.54, 1.807) is 0 Å². The molecule has 0 unspecified atom stereocenters. The van der Waals surface area contributed by atoms with Gasteiger partial charge in [0.15, 0.2) is 0 Å². The van der Waals surface area contributed by atoms with E-state index < -0.39 is 5.97 Å². The molecule has 2 atom stereocenters. The number of aliphatic carboxylic acids is 1. The van der Waals surface area contributed by atoms with Crippen LogP contribution in [0.3, 0.4) is 0 Å². The van der Waals surface area contributed by atoms with Gasteiger partial charge in [0.1, 0.15) is 0 Å². The summed E-state index contributed by atoms with van der Waals surface area (Å²) in [5.41, 5.74) is 3.20. The average Bonchev–Trinajstić information content (AvgIpc) is 2.91. The Labute approximate surface area is 136 Å². The molecule has 2 aromatic rings. The van der Waals surface area contributed by atoms with E-state index in [2.05, 4.69) is 23.1 Å². The molecule has 0 spiro atoms. The maximum Gasteiger partial charge on any atom is 0.307 e. The van der Waals surface area contributed by atoms with E-state index in [4.69, 9.17) is 0 Å². The van der Waals surface area contributed by atoms with Gasteiger partial charge in [0.2, 0.25) is 0 Å². The van der Waals surface area contributed by atoms with Gasteiger partial charge in [-0.05, 0) is 38.8 Å². The van der Waals surface area contributed by atoms with Gasteiger partial charge < -0.3 is 5.11 Å². The third-order valence-electron chi connectivity index (χ3n) is 4.76. The number of hydrogen-bond acceptors (Lipinski definition) is 3. The number of piperidine rings is 1. The molecular formula is C18H23N3O2. The monoisotopic (exact) mass is 313 g/mol. The van der Waals surface area contributed by atoms with Crippen LogP contribution in [0.5, 0.6) is 0 Å². The zero-order valence-corrected chi connectivity index (χ0v) is 13.6. The van der Waals surface area contributed by atoms with Gasteiger partial charge in [-0.15, -0.1) is 0 Å². The van der Waals surface area contributed by atoms with Crippen molar-refractivity contribution in [2.75, 3.05) is 6.54 Å². The van der Waals surface area contributed by atoms with E-state index in [1.165, 1.54) is 0 Å². The van der Waals surface area contributed by atoms with Crippen LogP contribution in [0.1, 0.15) is 31.0 Å². The van der Waals surface area contributed by atoms with Crippen LogP contribution in [0.25, 0.3) is 5.69 Å². The van der Waals surface area contributed by atoms with Gasteiger partial charge >= 0.3 is 5.97 Å². The molecule has 3 rings (SSSR count). The molecule has 0 bridgehead atoms. The lowest BCUT2D eigenvalue weighted by Gasteiger charge is -2.36. The number of aryl methyl sites for hydroxylation is 1. The summed E-state index contributed by atoms with van der Waals surface area (Å²) in [5, 5.41) is 13.9. The molecule has 0 aliphatic carbocycles. The van der Waals surface area contributed by atoms with Gasteiger partial charge in [-0.1, -0.05) is 18.2 Å². The maximum atomic E-state index is 11.3. The minimum absolute atomic E-state index is 0.254. The quantitative estimate of drug-likeness (QED) is 0.943. The summed E-state index contributed by atoms with van der Waals surface area (Å²) >= 11 is 0. The molecule has 5 nitrogen and oxygen atoms in total. The highest BCUT2D eigenvalue weighted by molar-refractivity contribution is 5.70. The van der Waals surface area contributed by atoms with Crippen molar-refractivity contribution in [1.82, 2.24) is 14.7 Å². The van der Waals surface area contributed by atoms with Crippen molar-refractivity contribution in [3.63, 3.8) is 0 Å². The summed E-state index contributed by atoms with van der Waals surface area (Å²) in [7, 11) is 0. The number of benzene rings is 1. The second-order valence-electron chi connectivity index (χ2n) is 6.41. The molecule has 1 aliphatic rings. The molecule has 0 radical (unpaired) electrons. The fourth-order valence-corrected chi connectivity index (χ4v) is 3.18. The smallest absolute Gasteiger partial charge is 0.307 e. The normalized spacial score (nSPS) is 22.2. The van der Waals surface area contributed by atoms with Crippen molar-refractivity contribution in [2.24, 2.45) is 5.92 Å². The Hall–Kier alpha value is -2.14. The molecular weight excluding hydrogens is 290 g/mol. The zero-order chi connectivity index (χ0) is 16.4. The molecule has 1 aromatic carbocycles. The second-order valence-corrected chi connectivity index (χ2v) is 6.41. The van der Waals surface area contributed by atoms with Crippen molar-refractivity contribution in [1.29, 1.82) is 0 Å². The molecule has 2 heterocycles. The molecule has 122 valence electrons. The van der Waals surface area contributed by atoms with Gasteiger partial charge in [-0.2, -0.15) is 5.10 Å². The average molecular weight is 313 g/mol. The minimum atomic E-state index is -0.682. The van der Waals surface area contributed by atoms with Crippen molar-refractivity contribution in [3.05, 3.63) is 47.8 Å². The van der Waals surface area contributed by atoms with Gasteiger partial charge in [-0.3, -0.25) is 9.69 Å². The highest BCUT2D eigenvalue weighted by Gasteiger charge is 2.30. The molecule has 1 aromatic heterocycles. The molecule has 0 saturated carbocycles. The standard InChI is InChI=1S/C18H23N3O2/c1-13-8-9-15(18(22)23)10-20(13)11-16-12-21(19-14(16)2)17-6-4-3-5-7-17/h3-7,12-13,15H,8-11H2,1-2H3,(H,22,23)/t13-,15-/m1/s1. The Morgan fingerprint density at radius 2 is 2.04 bits per heavy atom. The number of carboxylic acids is 1. The van der Waals surface area contributed by atoms with E-state index in [1.807, 2.05) is 41.9 Å². The highest BCUT2D eigenvalue weighted by atomic mass is 16.4. The zero-order valence-electron chi connectivity index (χ0n) is 13.6. The van der Waals surface area contributed by atoms with E-state index in [-0.39, 0.29) is 5.92 Å². The Morgan fingerprint density at radius 1 is 1.30 bits per heavy atom. The summed E-state index contributed by atoms with van der Waals surface area (Å²) in [6, 6.07) is 10.4. The number of nitrogens with zero attached hydrogens (tertiary/aromatic N) is 3. The predicted octanol–water partition coefficient (Wildman–Crippen LogP) is 2.87. The van der Waals surface area contributed by atoms with Crippen LogP contribution in [0.2, 0.25) is 0 Å². The number of carboxylic acid groups (broad SMARTS) is 1. The first-order chi connectivity index (χ1) is 11.0. The van der Waals surface area contributed by atoms with Crippen LogP contribution in [0, 0.1) is 12.8 Å². The second kappa shape index (κ2) is 6.54. The van der Waals surface area contributed by atoms with Crippen LogP contribution in [0.4, 0.5) is 0 Å². The Kier molecular flexibility index (Phi) is 4.48. The first-order valence-electron chi connectivity index (χ1n) is 8.12. The van der Waals surface area contributed by atoms with Crippen molar-refractivity contribution < 1.29 is 9.90 Å². The van der Waals surface area contributed by atoms with E-state index >= 15 is 0 Å². The lowest BCUT2D eigenvalue weighted by Crippen LogP contribution is -2.43. The maximum absolute atomic E-state index is 11.3. The molecule has 23 heavy (non-hydrogen) atoms. The fourth-order valence-electron chi connectivity index (χ4n) is 3.18. The topological polar surface area (TPSA) is 58.4 Å². The Bertz CT molecular complexity index is 681. The van der Waals surface area contributed by atoms with E-state index in [9.17, 15) is 9.90 Å². The van der Waals surface area contributed by atoms with Gasteiger partial charge in [-0.25, -0.2) is 4.68 Å². The molecule has 5 heteroatoms. The summed E-state index contributed by atoms with van der Waals surface area (Å²) in [6.45, 7) is 5.56. The molecule has 1 saturated heterocycles.